The van der Waals surface area contributed by atoms with Gasteiger partial charge in [0.05, 0.1) is 41.1 Å². The average molecular weight is 625 g/mol. The Morgan fingerprint density at radius 3 is 2.64 bits per heavy atom. The zero-order valence-electron chi connectivity index (χ0n) is 23.7. The van der Waals surface area contributed by atoms with Crippen molar-refractivity contribution in [3.63, 3.8) is 0 Å². The Kier molecular flexibility index (Phi) is 6.99. The minimum atomic E-state index is -1.06. The van der Waals surface area contributed by atoms with Crippen LogP contribution in [-0.4, -0.2) is 29.9 Å². The van der Waals surface area contributed by atoms with Gasteiger partial charge >= 0.3 is 5.97 Å². The SMILES string of the molecule is COc1ccc([C@H]2C3=C(N=c4s/c(=C/c5ccc(-c6cc(C(=O)O)ccc6Cl)o5)c(=O)n42)c2ccccc2CC3)cc1OC. The van der Waals surface area contributed by atoms with E-state index in [0.29, 0.717) is 42.9 Å². The van der Waals surface area contributed by atoms with E-state index in [9.17, 15) is 14.7 Å². The zero-order chi connectivity index (χ0) is 30.5. The van der Waals surface area contributed by atoms with Crippen LogP contribution < -0.4 is 24.4 Å². The second kappa shape index (κ2) is 11.0. The Labute approximate surface area is 260 Å². The molecule has 0 bridgehead atoms. The number of carbonyl (C=O) groups is 1. The lowest BCUT2D eigenvalue weighted by molar-refractivity contribution is 0.0697. The molecule has 3 heterocycles. The number of hydrogen-bond acceptors (Lipinski definition) is 7. The number of benzene rings is 3. The van der Waals surface area contributed by atoms with Crippen molar-refractivity contribution in [1.82, 2.24) is 4.57 Å². The van der Waals surface area contributed by atoms with Crippen molar-refractivity contribution in [2.75, 3.05) is 14.2 Å². The molecular weight excluding hydrogens is 600 g/mol. The van der Waals surface area contributed by atoms with Crippen LogP contribution in [-0.2, 0) is 6.42 Å². The fourth-order valence-electron chi connectivity index (χ4n) is 5.90. The number of hydrogen-bond donors (Lipinski definition) is 1. The van der Waals surface area contributed by atoms with Crippen molar-refractivity contribution in [2.24, 2.45) is 4.99 Å². The highest BCUT2D eigenvalue weighted by Gasteiger charge is 2.33. The van der Waals surface area contributed by atoms with Crippen LogP contribution in [0.25, 0.3) is 23.1 Å². The number of aromatic carboxylic acids is 1. The molecule has 1 N–H and O–H groups in total. The molecule has 0 spiro atoms. The highest BCUT2D eigenvalue weighted by molar-refractivity contribution is 7.07. The van der Waals surface area contributed by atoms with Crippen LogP contribution in [0.2, 0.25) is 5.02 Å². The average Bonchev–Trinajstić information content (AvgIpc) is 3.63. The maximum Gasteiger partial charge on any atom is 0.335 e. The minimum Gasteiger partial charge on any atom is -0.493 e. The molecule has 1 atom stereocenters. The molecular formula is C34H25ClN2O6S. The van der Waals surface area contributed by atoms with Gasteiger partial charge in [0.25, 0.3) is 5.56 Å². The molecule has 10 heteroatoms. The number of ether oxygens (including phenoxy) is 2. The molecule has 0 saturated heterocycles. The van der Waals surface area contributed by atoms with Crippen molar-refractivity contribution in [1.29, 1.82) is 0 Å². The molecule has 1 aliphatic carbocycles. The Morgan fingerprint density at radius 1 is 1.02 bits per heavy atom. The summed E-state index contributed by atoms with van der Waals surface area (Å²) in [6.45, 7) is 0. The number of aromatic nitrogens is 1. The van der Waals surface area contributed by atoms with Gasteiger partial charge in [-0.2, -0.15) is 0 Å². The Balaban J connectivity index is 1.39. The van der Waals surface area contributed by atoms with Crippen molar-refractivity contribution in [2.45, 2.75) is 18.9 Å². The lowest BCUT2D eigenvalue weighted by Crippen LogP contribution is -2.38. The molecule has 220 valence electrons. The number of halogens is 1. The van der Waals surface area contributed by atoms with E-state index in [1.54, 1.807) is 37.0 Å². The topological polar surface area (TPSA) is 103 Å². The van der Waals surface area contributed by atoms with E-state index in [2.05, 4.69) is 12.1 Å². The number of methoxy groups -OCH3 is 2. The van der Waals surface area contributed by atoms with Gasteiger partial charge in [0.2, 0.25) is 0 Å². The first-order valence-electron chi connectivity index (χ1n) is 13.8. The molecule has 0 unspecified atom stereocenters. The molecule has 0 amide bonds. The third-order valence-electron chi connectivity index (χ3n) is 7.98. The molecule has 5 aromatic rings. The highest BCUT2D eigenvalue weighted by atomic mass is 35.5. The number of allylic oxidation sites excluding steroid dienone is 1. The predicted octanol–water partition coefficient (Wildman–Crippen LogP) is 5.95. The number of fused-ring (bicyclic) bond motifs is 3. The molecule has 8 nitrogen and oxygen atoms in total. The van der Waals surface area contributed by atoms with Gasteiger partial charge in [-0.25, -0.2) is 9.79 Å². The lowest BCUT2D eigenvalue weighted by Gasteiger charge is -2.31. The second-order valence-corrected chi connectivity index (χ2v) is 11.8. The monoisotopic (exact) mass is 624 g/mol. The Hall–Kier alpha value is -4.86. The summed E-state index contributed by atoms with van der Waals surface area (Å²) in [5.41, 5.74) is 5.52. The molecule has 0 radical (unpaired) electrons. The number of carboxylic acid groups (broad SMARTS) is 1. The van der Waals surface area contributed by atoms with Gasteiger partial charge in [-0.05, 0) is 72.0 Å². The summed E-state index contributed by atoms with van der Waals surface area (Å²) >= 11 is 7.65. The van der Waals surface area contributed by atoms with Gasteiger partial charge in [-0.3, -0.25) is 9.36 Å². The van der Waals surface area contributed by atoms with E-state index in [1.807, 2.05) is 30.3 Å². The van der Waals surface area contributed by atoms with E-state index in [1.165, 1.54) is 35.1 Å². The number of thiazole rings is 1. The Bertz CT molecular complexity index is 2190. The largest absolute Gasteiger partial charge is 0.493 e. The number of carboxylic acids is 1. The number of furan rings is 1. The van der Waals surface area contributed by atoms with E-state index >= 15 is 0 Å². The van der Waals surface area contributed by atoms with Crippen molar-refractivity contribution in [3.8, 4) is 22.8 Å². The van der Waals surface area contributed by atoms with Crippen molar-refractivity contribution < 1.29 is 23.8 Å². The first-order chi connectivity index (χ1) is 21.4. The van der Waals surface area contributed by atoms with E-state index in [4.69, 9.17) is 30.5 Å². The van der Waals surface area contributed by atoms with Gasteiger partial charge in [0, 0.05) is 17.2 Å². The smallest absolute Gasteiger partial charge is 0.335 e. The molecule has 3 aromatic carbocycles. The Morgan fingerprint density at radius 2 is 1.84 bits per heavy atom. The molecule has 1 aliphatic heterocycles. The van der Waals surface area contributed by atoms with Gasteiger partial charge in [0.1, 0.15) is 11.5 Å². The van der Waals surface area contributed by atoms with Crippen LogP contribution in [0.15, 0.2) is 92.6 Å². The molecule has 0 fully saturated rings. The maximum absolute atomic E-state index is 14.1. The van der Waals surface area contributed by atoms with Crippen molar-refractivity contribution in [3.05, 3.63) is 131 Å². The first-order valence-corrected chi connectivity index (χ1v) is 15.0. The normalized spacial score (nSPS) is 15.7. The van der Waals surface area contributed by atoms with E-state index in [-0.39, 0.29) is 17.2 Å². The fourth-order valence-corrected chi connectivity index (χ4v) is 7.09. The van der Waals surface area contributed by atoms with Crippen LogP contribution >= 0.6 is 22.9 Å². The maximum atomic E-state index is 14.1. The summed E-state index contributed by atoms with van der Waals surface area (Å²) in [5, 5.41) is 9.76. The third kappa shape index (κ3) is 4.65. The number of rotatable bonds is 6. The minimum absolute atomic E-state index is 0.0939. The van der Waals surface area contributed by atoms with Crippen LogP contribution in [0.1, 0.15) is 45.3 Å². The van der Waals surface area contributed by atoms with Crippen LogP contribution in [0.3, 0.4) is 0 Å². The van der Waals surface area contributed by atoms with Gasteiger partial charge < -0.3 is 19.0 Å². The number of aryl methyl sites for hydroxylation is 1. The first kappa shape index (κ1) is 27.9. The zero-order valence-corrected chi connectivity index (χ0v) is 25.2. The van der Waals surface area contributed by atoms with Gasteiger partial charge in [-0.1, -0.05) is 53.3 Å². The molecule has 7 rings (SSSR count). The third-order valence-corrected chi connectivity index (χ3v) is 9.29. The molecule has 44 heavy (non-hydrogen) atoms. The highest BCUT2D eigenvalue weighted by Crippen LogP contribution is 2.43. The van der Waals surface area contributed by atoms with E-state index < -0.39 is 5.97 Å². The molecule has 0 saturated carbocycles. The summed E-state index contributed by atoms with van der Waals surface area (Å²) in [7, 11) is 3.19. The molecule has 2 aromatic heterocycles. The van der Waals surface area contributed by atoms with Gasteiger partial charge in [0.15, 0.2) is 16.3 Å². The summed E-state index contributed by atoms with van der Waals surface area (Å²) in [4.78, 5) is 31.3. The fraction of sp³-hybridized carbons (Fsp3) is 0.147. The van der Waals surface area contributed by atoms with Gasteiger partial charge in [-0.15, -0.1) is 0 Å². The second-order valence-electron chi connectivity index (χ2n) is 10.4. The standard InChI is InChI=1S/C34H25ClN2O6S/c1-41-27-13-9-19(16-28(27)42-2)31-23-11-7-18-5-3-4-6-22(18)30(23)36-34-37(31)32(38)29(44-34)17-21-10-14-26(43-21)24-15-20(33(39)40)8-12-25(24)35/h3-6,8-10,12-17,31H,7,11H2,1-2H3,(H,39,40)/b29-17+/t31-/m0/s1. The number of nitrogens with zero attached hydrogens (tertiary/aromatic N) is 2. The summed E-state index contributed by atoms with van der Waals surface area (Å²) < 4.78 is 19.3. The summed E-state index contributed by atoms with van der Waals surface area (Å²) in [5.74, 6) is 0.946. The van der Waals surface area contributed by atoms with Crippen molar-refractivity contribution >= 4 is 40.7 Å². The van der Waals surface area contributed by atoms with E-state index in [0.717, 1.165) is 35.2 Å². The summed E-state index contributed by atoms with van der Waals surface area (Å²) in [6.07, 6.45) is 3.29. The van der Waals surface area contributed by atoms with Crippen LogP contribution in [0.4, 0.5) is 0 Å². The van der Waals surface area contributed by atoms with Crippen LogP contribution in [0, 0.1) is 0 Å². The lowest BCUT2D eigenvalue weighted by atomic mass is 9.83. The quantitative estimate of drug-likeness (QED) is 0.251. The predicted molar refractivity (Wildman–Crippen MR) is 168 cm³/mol. The summed E-state index contributed by atoms with van der Waals surface area (Å²) in [6, 6.07) is 21.5. The molecule has 2 aliphatic rings. The van der Waals surface area contributed by atoms with Crippen LogP contribution in [0.5, 0.6) is 11.5 Å².